The van der Waals surface area contributed by atoms with Gasteiger partial charge in [-0.2, -0.15) is 0 Å². The molecular formula is C23H32N4O. The van der Waals surface area contributed by atoms with E-state index in [2.05, 4.69) is 71.5 Å². The van der Waals surface area contributed by atoms with E-state index < -0.39 is 0 Å². The molecule has 150 valence electrons. The number of para-hydroxylation sites is 1. The summed E-state index contributed by atoms with van der Waals surface area (Å²) in [5, 5.41) is 3.33. The van der Waals surface area contributed by atoms with Crippen LogP contribution in [0.1, 0.15) is 36.1 Å². The standard InChI is InChI=1S/C23H32N4O/c1-3-20-6-5-7-21(4-2)22(20)26-23(24)25-16-18-8-10-19(11-9-18)17-27-12-14-28-15-13-27/h5-11H,3-4,12-17H2,1-2H3,(H3,24,25,26). The molecule has 5 nitrogen and oxygen atoms in total. The van der Waals surface area contributed by atoms with Crippen LogP contribution in [0, 0.1) is 0 Å². The molecule has 1 saturated heterocycles. The van der Waals surface area contributed by atoms with Crippen molar-refractivity contribution in [3.05, 3.63) is 64.7 Å². The Morgan fingerprint density at radius 1 is 1.00 bits per heavy atom. The summed E-state index contributed by atoms with van der Waals surface area (Å²) in [6, 6.07) is 15.0. The molecule has 2 aromatic rings. The first-order chi connectivity index (χ1) is 13.7. The molecule has 3 N–H and O–H groups in total. The summed E-state index contributed by atoms with van der Waals surface area (Å²) < 4.78 is 5.41. The highest BCUT2D eigenvalue weighted by atomic mass is 16.5. The van der Waals surface area contributed by atoms with Crippen LogP contribution in [-0.2, 0) is 30.7 Å². The van der Waals surface area contributed by atoms with Gasteiger partial charge in [0.15, 0.2) is 5.96 Å². The van der Waals surface area contributed by atoms with Crippen molar-refractivity contribution >= 4 is 11.6 Å². The van der Waals surface area contributed by atoms with E-state index in [1.165, 1.54) is 16.7 Å². The van der Waals surface area contributed by atoms with Gasteiger partial charge in [0.1, 0.15) is 0 Å². The molecule has 1 aliphatic heterocycles. The molecular weight excluding hydrogens is 348 g/mol. The van der Waals surface area contributed by atoms with Crippen LogP contribution in [0.3, 0.4) is 0 Å². The van der Waals surface area contributed by atoms with Crippen molar-refractivity contribution in [2.45, 2.75) is 39.8 Å². The minimum absolute atomic E-state index is 0.466. The summed E-state index contributed by atoms with van der Waals surface area (Å²) in [6.45, 7) is 9.55. The molecule has 1 aliphatic rings. The van der Waals surface area contributed by atoms with Crippen molar-refractivity contribution < 1.29 is 4.74 Å². The van der Waals surface area contributed by atoms with Crippen molar-refractivity contribution in [3.63, 3.8) is 0 Å². The number of rotatable bonds is 7. The molecule has 0 atom stereocenters. The van der Waals surface area contributed by atoms with Gasteiger partial charge in [-0.1, -0.05) is 56.3 Å². The van der Waals surface area contributed by atoms with Gasteiger partial charge in [-0.15, -0.1) is 0 Å². The van der Waals surface area contributed by atoms with Crippen molar-refractivity contribution in [2.24, 2.45) is 10.7 Å². The first kappa shape index (κ1) is 20.4. The number of benzene rings is 2. The normalized spacial score (nSPS) is 15.6. The van der Waals surface area contributed by atoms with E-state index >= 15 is 0 Å². The number of hydrogen-bond donors (Lipinski definition) is 2. The number of hydrogen-bond acceptors (Lipinski definition) is 3. The number of nitrogens with two attached hydrogens (primary N) is 1. The lowest BCUT2D eigenvalue weighted by Gasteiger charge is -2.26. The molecule has 0 bridgehead atoms. The van der Waals surface area contributed by atoms with Crippen molar-refractivity contribution in [1.82, 2.24) is 4.90 Å². The predicted molar refractivity (Wildman–Crippen MR) is 117 cm³/mol. The fraction of sp³-hybridized carbons (Fsp3) is 0.435. The molecule has 0 unspecified atom stereocenters. The Bertz CT molecular complexity index is 757. The Labute approximate surface area is 168 Å². The van der Waals surface area contributed by atoms with Gasteiger partial charge in [0.25, 0.3) is 0 Å². The third kappa shape index (κ3) is 5.57. The zero-order valence-corrected chi connectivity index (χ0v) is 17.1. The van der Waals surface area contributed by atoms with Crippen LogP contribution in [-0.4, -0.2) is 37.2 Å². The van der Waals surface area contributed by atoms with Crippen molar-refractivity contribution in [3.8, 4) is 0 Å². The van der Waals surface area contributed by atoms with Gasteiger partial charge in [0.2, 0.25) is 0 Å². The highest BCUT2D eigenvalue weighted by Gasteiger charge is 2.10. The summed E-state index contributed by atoms with van der Waals surface area (Å²) in [5.74, 6) is 0.466. The molecule has 1 heterocycles. The van der Waals surface area contributed by atoms with Gasteiger partial charge < -0.3 is 15.8 Å². The summed E-state index contributed by atoms with van der Waals surface area (Å²) in [5.41, 5.74) is 12.3. The van der Waals surface area contributed by atoms with Gasteiger partial charge in [-0.3, -0.25) is 4.90 Å². The zero-order valence-electron chi connectivity index (χ0n) is 17.1. The highest BCUT2D eigenvalue weighted by Crippen LogP contribution is 2.22. The number of aliphatic imine (C=N–C) groups is 1. The second kappa shape index (κ2) is 10.2. The quantitative estimate of drug-likeness (QED) is 0.569. The average molecular weight is 381 g/mol. The molecule has 1 fully saturated rings. The van der Waals surface area contributed by atoms with Crippen LogP contribution >= 0.6 is 0 Å². The summed E-state index contributed by atoms with van der Waals surface area (Å²) in [6.07, 6.45) is 1.93. The molecule has 5 heteroatoms. The number of anilines is 1. The molecule has 2 aromatic carbocycles. The van der Waals surface area contributed by atoms with Crippen LogP contribution in [0.2, 0.25) is 0 Å². The molecule has 0 radical (unpaired) electrons. The predicted octanol–water partition coefficient (Wildman–Crippen LogP) is 3.57. The molecule has 3 rings (SSSR count). The van der Waals surface area contributed by atoms with Gasteiger partial charge >= 0.3 is 0 Å². The van der Waals surface area contributed by atoms with Crippen LogP contribution in [0.15, 0.2) is 47.5 Å². The van der Waals surface area contributed by atoms with Crippen LogP contribution in [0.25, 0.3) is 0 Å². The Hall–Kier alpha value is -2.37. The monoisotopic (exact) mass is 380 g/mol. The third-order valence-electron chi connectivity index (χ3n) is 5.22. The average Bonchev–Trinajstić information content (AvgIpc) is 2.74. The Morgan fingerprint density at radius 2 is 1.61 bits per heavy atom. The summed E-state index contributed by atoms with van der Waals surface area (Å²) >= 11 is 0. The first-order valence-electron chi connectivity index (χ1n) is 10.2. The Balaban J connectivity index is 1.59. The molecule has 0 aromatic heterocycles. The molecule has 0 saturated carbocycles. The van der Waals surface area contributed by atoms with Gasteiger partial charge in [-0.25, -0.2) is 4.99 Å². The van der Waals surface area contributed by atoms with Crippen LogP contribution in [0.5, 0.6) is 0 Å². The number of aryl methyl sites for hydroxylation is 2. The maximum atomic E-state index is 6.17. The second-order valence-corrected chi connectivity index (χ2v) is 7.19. The minimum atomic E-state index is 0.466. The van der Waals surface area contributed by atoms with E-state index in [-0.39, 0.29) is 0 Å². The lowest BCUT2D eigenvalue weighted by atomic mass is 10.0. The Kier molecular flexibility index (Phi) is 7.46. The molecule has 0 aliphatic carbocycles. The SMILES string of the molecule is CCc1cccc(CC)c1NC(N)=NCc1ccc(CN2CCOCC2)cc1. The third-order valence-corrected chi connectivity index (χ3v) is 5.22. The van der Waals surface area contributed by atoms with Gasteiger partial charge in [-0.05, 0) is 35.1 Å². The highest BCUT2D eigenvalue weighted by molar-refractivity contribution is 5.93. The van der Waals surface area contributed by atoms with Crippen molar-refractivity contribution in [2.75, 3.05) is 31.6 Å². The topological polar surface area (TPSA) is 62.9 Å². The minimum Gasteiger partial charge on any atom is -0.379 e. The zero-order chi connectivity index (χ0) is 19.8. The lowest BCUT2D eigenvalue weighted by molar-refractivity contribution is 0.0342. The smallest absolute Gasteiger partial charge is 0.193 e. The van der Waals surface area contributed by atoms with Gasteiger partial charge in [0, 0.05) is 25.3 Å². The molecule has 28 heavy (non-hydrogen) atoms. The summed E-state index contributed by atoms with van der Waals surface area (Å²) in [7, 11) is 0. The van der Waals surface area contributed by atoms with Crippen molar-refractivity contribution in [1.29, 1.82) is 0 Å². The van der Waals surface area contributed by atoms with E-state index in [9.17, 15) is 0 Å². The fourth-order valence-electron chi connectivity index (χ4n) is 3.51. The van der Waals surface area contributed by atoms with E-state index in [4.69, 9.17) is 10.5 Å². The summed E-state index contributed by atoms with van der Waals surface area (Å²) in [4.78, 5) is 6.97. The van der Waals surface area contributed by atoms with E-state index in [1.807, 2.05) is 0 Å². The van der Waals surface area contributed by atoms with Gasteiger partial charge in [0.05, 0.1) is 19.8 Å². The molecule has 0 spiro atoms. The number of ether oxygens (including phenoxy) is 1. The van der Waals surface area contributed by atoms with E-state index in [1.54, 1.807) is 0 Å². The largest absolute Gasteiger partial charge is 0.379 e. The van der Waals surface area contributed by atoms with Crippen LogP contribution in [0.4, 0.5) is 5.69 Å². The molecule has 0 amide bonds. The maximum Gasteiger partial charge on any atom is 0.193 e. The Morgan fingerprint density at radius 3 is 2.21 bits per heavy atom. The van der Waals surface area contributed by atoms with E-state index in [0.717, 1.165) is 56.9 Å². The number of nitrogens with zero attached hydrogens (tertiary/aromatic N) is 2. The lowest BCUT2D eigenvalue weighted by Crippen LogP contribution is -2.35. The van der Waals surface area contributed by atoms with E-state index in [0.29, 0.717) is 12.5 Å². The van der Waals surface area contributed by atoms with Crippen LogP contribution < -0.4 is 11.1 Å². The maximum absolute atomic E-state index is 6.17. The number of guanidine groups is 1. The second-order valence-electron chi connectivity index (χ2n) is 7.19. The first-order valence-corrected chi connectivity index (χ1v) is 10.2. The number of morpholine rings is 1. The number of nitrogens with one attached hydrogen (secondary N) is 1. The fourth-order valence-corrected chi connectivity index (χ4v) is 3.51.